The summed E-state index contributed by atoms with van der Waals surface area (Å²) in [5.74, 6) is 4.05. The number of nitrogens with zero attached hydrogens (tertiary/aromatic N) is 1. The van der Waals surface area contributed by atoms with Crippen molar-refractivity contribution >= 4 is 17.5 Å². The molecule has 0 spiro atoms. The van der Waals surface area contributed by atoms with E-state index in [1.165, 1.54) is 4.90 Å². The maximum absolute atomic E-state index is 11.8. The molecule has 0 aromatic heterocycles. The number of amides is 2. The Morgan fingerprint density at radius 2 is 2.12 bits per heavy atom. The Balaban J connectivity index is 2.35. The van der Waals surface area contributed by atoms with Gasteiger partial charge in [0, 0.05) is 6.54 Å². The summed E-state index contributed by atoms with van der Waals surface area (Å²) in [7, 11) is 0. The van der Waals surface area contributed by atoms with Crippen molar-refractivity contribution < 1.29 is 14.3 Å². The van der Waals surface area contributed by atoms with Gasteiger partial charge in [-0.3, -0.25) is 15.0 Å². The lowest BCUT2D eigenvalue weighted by atomic mass is 10.2. The number of hydrogen-bond acceptors (Lipinski definition) is 4. The number of fused-ring (bicyclic) bond motifs is 1. The molecule has 2 amide bonds. The van der Waals surface area contributed by atoms with Crippen molar-refractivity contribution in [2.45, 2.75) is 6.42 Å². The summed E-state index contributed by atoms with van der Waals surface area (Å²) >= 11 is 0. The molecular formula is C11H13N3O3. The van der Waals surface area contributed by atoms with Gasteiger partial charge in [-0.2, -0.15) is 0 Å². The Kier molecular flexibility index (Phi) is 3.24. The van der Waals surface area contributed by atoms with Crippen LogP contribution in [0.5, 0.6) is 5.75 Å². The molecule has 3 N–H and O–H groups in total. The number of benzene rings is 1. The summed E-state index contributed by atoms with van der Waals surface area (Å²) in [6.45, 7) is 0.953. The lowest BCUT2D eigenvalue weighted by Crippen LogP contribution is -2.46. The van der Waals surface area contributed by atoms with Gasteiger partial charge in [-0.1, -0.05) is 12.1 Å². The Morgan fingerprint density at radius 3 is 2.88 bits per heavy atom. The first kappa shape index (κ1) is 11.4. The van der Waals surface area contributed by atoms with Crippen LogP contribution in [0.15, 0.2) is 24.3 Å². The molecule has 1 heterocycles. The molecule has 1 aliphatic heterocycles. The van der Waals surface area contributed by atoms with Crippen LogP contribution in [0.3, 0.4) is 0 Å². The fraction of sp³-hybridized carbons (Fsp3) is 0.273. The zero-order valence-electron chi connectivity index (χ0n) is 9.18. The predicted molar refractivity (Wildman–Crippen MR) is 61.2 cm³/mol. The highest BCUT2D eigenvalue weighted by Crippen LogP contribution is 2.30. The Labute approximate surface area is 98.3 Å². The monoisotopic (exact) mass is 235 g/mol. The lowest BCUT2D eigenvalue weighted by molar-refractivity contribution is -0.137. The average molecular weight is 235 g/mol. The van der Waals surface area contributed by atoms with Crippen LogP contribution in [0.4, 0.5) is 5.69 Å². The highest BCUT2D eigenvalue weighted by molar-refractivity contribution is 6.40. The van der Waals surface area contributed by atoms with Gasteiger partial charge < -0.3 is 9.64 Å². The maximum atomic E-state index is 11.8. The van der Waals surface area contributed by atoms with Gasteiger partial charge in [-0.25, -0.2) is 5.84 Å². The number of ether oxygens (including phenoxy) is 1. The molecule has 17 heavy (non-hydrogen) atoms. The van der Waals surface area contributed by atoms with Crippen molar-refractivity contribution in [3.63, 3.8) is 0 Å². The standard InChI is InChI=1S/C11H13N3O3/c12-13-10(15)11(16)14-6-3-7-17-9-5-2-1-4-8(9)14/h1-2,4-5H,3,6-7,12H2,(H,13,15). The van der Waals surface area contributed by atoms with Crippen LogP contribution in [0, 0.1) is 0 Å². The first-order chi connectivity index (χ1) is 8.24. The molecule has 0 saturated carbocycles. The van der Waals surface area contributed by atoms with Crippen LogP contribution in [-0.2, 0) is 9.59 Å². The second-order valence-electron chi connectivity index (χ2n) is 3.60. The zero-order valence-corrected chi connectivity index (χ0v) is 9.18. The van der Waals surface area contributed by atoms with E-state index in [0.717, 1.165) is 0 Å². The number of hydrogen-bond donors (Lipinski definition) is 2. The van der Waals surface area contributed by atoms with Gasteiger partial charge in [0.1, 0.15) is 5.75 Å². The van der Waals surface area contributed by atoms with Gasteiger partial charge in [-0.05, 0) is 18.6 Å². The molecule has 0 aliphatic carbocycles. The Bertz CT molecular complexity index is 447. The SMILES string of the molecule is NNC(=O)C(=O)N1CCCOc2ccccc21. The summed E-state index contributed by atoms with van der Waals surface area (Å²) in [4.78, 5) is 24.5. The number of para-hydroxylation sites is 2. The largest absolute Gasteiger partial charge is 0.491 e. The van der Waals surface area contributed by atoms with E-state index in [1.807, 2.05) is 11.5 Å². The Hall–Kier alpha value is -2.08. The second-order valence-corrected chi connectivity index (χ2v) is 3.60. The smallest absolute Gasteiger partial charge is 0.323 e. The molecule has 6 nitrogen and oxygen atoms in total. The van der Waals surface area contributed by atoms with Crippen LogP contribution in [-0.4, -0.2) is 25.0 Å². The van der Waals surface area contributed by atoms with Crippen LogP contribution in [0.2, 0.25) is 0 Å². The number of nitrogens with two attached hydrogens (primary N) is 1. The van der Waals surface area contributed by atoms with Gasteiger partial charge in [-0.15, -0.1) is 0 Å². The van der Waals surface area contributed by atoms with Gasteiger partial charge in [0.15, 0.2) is 0 Å². The van der Waals surface area contributed by atoms with Crippen molar-refractivity contribution in [1.29, 1.82) is 0 Å². The molecule has 90 valence electrons. The van der Waals surface area contributed by atoms with Gasteiger partial charge >= 0.3 is 11.8 Å². The number of carbonyl (C=O) groups is 2. The van der Waals surface area contributed by atoms with E-state index >= 15 is 0 Å². The summed E-state index contributed by atoms with van der Waals surface area (Å²) in [6, 6.07) is 7.10. The molecule has 0 fully saturated rings. The third-order valence-corrected chi connectivity index (χ3v) is 2.51. The lowest BCUT2D eigenvalue weighted by Gasteiger charge is -2.20. The van der Waals surface area contributed by atoms with Crippen LogP contribution in [0.25, 0.3) is 0 Å². The van der Waals surface area contributed by atoms with Crippen molar-refractivity contribution in [3.05, 3.63) is 24.3 Å². The summed E-state index contributed by atoms with van der Waals surface area (Å²) in [5.41, 5.74) is 2.44. The minimum absolute atomic E-state index is 0.434. The number of hydrazine groups is 1. The summed E-state index contributed by atoms with van der Waals surface area (Å²) in [6.07, 6.45) is 0.665. The van der Waals surface area contributed by atoms with Crippen LogP contribution >= 0.6 is 0 Å². The molecule has 2 rings (SSSR count). The molecule has 6 heteroatoms. The van der Waals surface area contributed by atoms with Crippen molar-refractivity contribution in [2.75, 3.05) is 18.1 Å². The number of anilines is 1. The maximum Gasteiger partial charge on any atom is 0.323 e. The van der Waals surface area contributed by atoms with E-state index in [0.29, 0.717) is 31.0 Å². The quantitative estimate of drug-likeness (QED) is 0.282. The molecule has 0 unspecified atom stereocenters. The molecule has 1 aromatic rings. The molecule has 1 aliphatic rings. The van der Waals surface area contributed by atoms with Gasteiger partial charge in [0.05, 0.1) is 12.3 Å². The molecule has 0 saturated heterocycles. The minimum atomic E-state index is -0.832. The molecule has 0 bridgehead atoms. The first-order valence-electron chi connectivity index (χ1n) is 5.28. The third-order valence-electron chi connectivity index (χ3n) is 2.51. The topological polar surface area (TPSA) is 84.7 Å². The van der Waals surface area contributed by atoms with Crippen LogP contribution < -0.4 is 20.9 Å². The fourth-order valence-corrected chi connectivity index (χ4v) is 1.72. The summed E-state index contributed by atoms with van der Waals surface area (Å²) < 4.78 is 5.49. The number of nitrogens with one attached hydrogen (secondary N) is 1. The van der Waals surface area contributed by atoms with E-state index in [9.17, 15) is 9.59 Å². The van der Waals surface area contributed by atoms with Crippen molar-refractivity contribution in [1.82, 2.24) is 5.43 Å². The van der Waals surface area contributed by atoms with Gasteiger partial charge in [0.2, 0.25) is 0 Å². The molecule has 1 aromatic carbocycles. The predicted octanol–water partition coefficient (Wildman–Crippen LogP) is -0.208. The third kappa shape index (κ3) is 2.21. The minimum Gasteiger partial charge on any atom is -0.491 e. The molecule has 0 atom stereocenters. The highest BCUT2D eigenvalue weighted by atomic mass is 16.5. The Morgan fingerprint density at radius 1 is 1.35 bits per heavy atom. The summed E-state index contributed by atoms with van der Waals surface area (Å²) in [5, 5.41) is 0. The van der Waals surface area contributed by atoms with E-state index < -0.39 is 11.8 Å². The van der Waals surface area contributed by atoms with Gasteiger partial charge in [0.25, 0.3) is 0 Å². The van der Waals surface area contributed by atoms with Crippen molar-refractivity contribution in [2.24, 2.45) is 5.84 Å². The van der Waals surface area contributed by atoms with E-state index in [1.54, 1.807) is 18.2 Å². The average Bonchev–Trinajstić information content (AvgIpc) is 2.59. The molecular weight excluding hydrogens is 222 g/mol. The normalized spacial score (nSPS) is 14.3. The number of rotatable bonds is 0. The fourth-order valence-electron chi connectivity index (χ4n) is 1.72. The van der Waals surface area contributed by atoms with E-state index in [4.69, 9.17) is 10.6 Å². The van der Waals surface area contributed by atoms with Crippen molar-refractivity contribution in [3.8, 4) is 5.75 Å². The highest BCUT2D eigenvalue weighted by Gasteiger charge is 2.26. The van der Waals surface area contributed by atoms with Crippen LogP contribution in [0.1, 0.15) is 6.42 Å². The van der Waals surface area contributed by atoms with E-state index in [2.05, 4.69) is 0 Å². The second kappa shape index (κ2) is 4.84. The number of carbonyl (C=O) groups excluding carboxylic acids is 2. The zero-order chi connectivity index (χ0) is 12.3. The van der Waals surface area contributed by atoms with E-state index in [-0.39, 0.29) is 0 Å². The molecule has 0 radical (unpaired) electrons. The first-order valence-corrected chi connectivity index (χ1v) is 5.28.